The van der Waals surface area contributed by atoms with Crippen molar-refractivity contribution in [1.29, 1.82) is 0 Å². The fourth-order valence-electron chi connectivity index (χ4n) is 6.73. The number of fused-ring (bicyclic) bond motifs is 2. The molecule has 1 aromatic carbocycles. The van der Waals surface area contributed by atoms with E-state index in [4.69, 9.17) is 0 Å². The van der Waals surface area contributed by atoms with Crippen molar-refractivity contribution in [2.75, 3.05) is 18.0 Å². The Bertz CT molecular complexity index is 1600. The Morgan fingerprint density at radius 2 is 1.79 bits per heavy atom. The molecule has 7 rings (SSSR count). The van der Waals surface area contributed by atoms with Gasteiger partial charge in [-0.25, -0.2) is 18.9 Å². The number of imidazole rings is 1. The molecule has 8 nitrogen and oxygen atoms in total. The van der Waals surface area contributed by atoms with Gasteiger partial charge in [0.2, 0.25) is 0 Å². The van der Waals surface area contributed by atoms with Gasteiger partial charge in [-0.15, -0.1) is 0 Å². The molecule has 1 aliphatic heterocycles. The number of hydrogen-bond donors (Lipinski definition) is 2. The van der Waals surface area contributed by atoms with E-state index in [1.807, 2.05) is 41.3 Å². The van der Waals surface area contributed by atoms with E-state index in [1.54, 1.807) is 16.8 Å². The van der Waals surface area contributed by atoms with E-state index in [2.05, 4.69) is 20.5 Å². The van der Waals surface area contributed by atoms with Crippen LogP contribution in [0.4, 0.5) is 14.5 Å². The third kappa shape index (κ3) is 3.85. The zero-order chi connectivity index (χ0) is 26.1. The molecule has 1 spiro atoms. The highest BCUT2D eigenvalue weighted by Crippen LogP contribution is 2.62. The lowest BCUT2D eigenvalue weighted by atomic mass is 9.49. The average Bonchev–Trinajstić information content (AvgIpc) is 3.29. The molecular formula is C28H28F2N6O2. The number of alkyl halides is 2. The number of benzene rings is 1. The number of pyridine rings is 1. The molecule has 2 N–H and O–H groups in total. The van der Waals surface area contributed by atoms with Crippen LogP contribution in [0.2, 0.25) is 0 Å². The number of amides is 1. The molecule has 4 heterocycles. The minimum Gasteiger partial charge on any atom is -0.371 e. The van der Waals surface area contributed by atoms with Crippen molar-refractivity contribution in [3.05, 3.63) is 70.5 Å². The Balaban J connectivity index is 0.978. The summed E-state index contributed by atoms with van der Waals surface area (Å²) in [6.45, 7) is 0.603. The Morgan fingerprint density at radius 3 is 2.55 bits per heavy atom. The molecule has 3 aliphatic rings. The maximum Gasteiger partial charge on any atom is 0.272 e. The van der Waals surface area contributed by atoms with Gasteiger partial charge in [0.15, 0.2) is 0 Å². The van der Waals surface area contributed by atoms with Crippen molar-refractivity contribution in [1.82, 2.24) is 24.9 Å². The molecule has 1 saturated heterocycles. The minimum absolute atomic E-state index is 0.114. The maximum atomic E-state index is 13.5. The average molecular weight is 519 g/mol. The van der Waals surface area contributed by atoms with Gasteiger partial charge in [-0.1, -0.05) is 18.2 Å². The lowest BCUT2D eigenvalue weighted by molar-refractivity contribution is -0.0221. The van der Waals surface area contributed by atoms with Crippen LogP contribution in [-0.2, 0) is 0 Å². The molecule has 0 radical (unpaired) electrons. The second-order valence-corrected chi connectivity index (χ2v) is 11.3. The number of nitrogens with zero attached hydrogens (tertiary/aromatic N) is 4. The Hall–Kier alpha value is -3.82. The van der Waals surface area contributed by atoms with Gasteiger partial charge in [-0.2, -0.15) is 5.10 Å². The number of carbonyl (C=O) groups is 1. The summed E-state index contributed by atoms with van der Waals surface area (Å²) in [7, 11) is 0. The van der Waals surface area contributed by atoms with E-state index >= 15 is 0 Å². The highest BCUT2D eigenvalue weighted by atomic mass is 19.3. The predicted molar refractivity (Wildman–Crippen MR) is 139 cm³/mol. The molecule has 0 bridgehead atoms. The lowest BCUT2D eigenvalue weighted by Gasteiger charge is -2.57. The number of hydrogen-bond acceptors (Lipinski definition) is 5. The van der Waals surface area contributed by atoms with Crippen LogP contribution in [-0.4, -0.2) is 50.5 Å². The molecule has 0 atom stereocenters. The molecule has 4 aromatic rings. The highest BCUT2D eigenvalue weighted by molar-refractivity contribution is 5.93. The molecule has 196 valence electrons. The largest absolute Gasteiger partial charge is 0.371 e. The summed E-state index contributed by atoms with van der Waals surface area (Å²) in [5.74, 6) is -2.44. The zero-order valence-corrected chi connectivity index (χ0v) is 20.8. The van der Waals surface area contributed by atoms with E-state index in [9.17, 15) is 18.4 Å². The number of anilines is 1. The third-order valence-electron chi connectivity index (χ3n) is 8.75. The summed E-state index contributed by atoms with van der Waals surface area (Å²) in [4.78, 5) is 31.5. The van der Waals surface area contributed by atoms with Crippen LogP contribution in [0, 0.1) is 5.41 Å². The number of piperidine rings is 1. The monoisotopic (exact) mass is 518 g/mol. The molecule has 0 unspecified atom stereocenters. The summed E-state index contributed by atoms with van der Waals surface area (Å²) in [5, 5.41) is 11.8. The van der Waals surface area contributed by atoms with Gasteiger partial charge in [0.1, 0.15) is 11.3 Å². The second-order valence-electron chi connectivity index (χ2n) is 11.3. The summed E-state index contributed by atoms with van der Waals surface area (Å²) in [6, 6.07) is 11.4. The second kappa shape index (κ2) is 8.34. The fraction of sp³-hybridized carbons (Fsp3) is 0.429. The van der Waals surface area contributed by atoms with Crippen LogP contribution in [0.15, 0.2) is 53.6 Å². The van der Waals surface area contributed by atoms with E-state index in [0.29, 0.717) is 35.7 Å². The van der Waals surface area contributed by atoms with Gasteiger partial charge in [0, 0.05) is 61.2 Å². The topological polar surface area (TPSA) is 95.4 Å². The first-order valence-corrected chi connectivity index (χ1v) is 13.2. The number of aromatic amines is 1. The first-order chi connectivity index (χ1) is 18.3. The fourth-order valence-corrected chi connectivity index (χ4v) is 6.73. The van der Waals surface area contributed by atoms with Crippen LogP contribution in [0.25, 0.3) is 16.4 Å². The molecular weight excluding hydrogens is 490 g/mol. The van der Waals surface area contributed by atoms with Crippen LogP contribution in [0.5, 0.6) is 0 Å². The third-order valence-corrected chi connectivity index (χ3v) is 8.75. The van der Waals surface area contributed by atoms with Gasteiger partial charge in [-0.3, -0.25) is 14.0 Å². The van der Waals surface area contributed by atoms with Crippen molar-refractivity contribution in [3.63, 3.8) is 0 Å². The smallest absolute Gasteiger partial charge is 0.272 e. The van der Waals surface area contributed by atoms with Gasteiger partial charge in [0.05, 0.1) is 17.3 Å². The van der Waals surface area contributed by atoms with E-state index in [1.165, 1.54) is 0 Å². The first-order valence-electron chi connectivity index (χ1n) is 13.2. The van der Waals surface area contributed by atoms with Crippen LogP contribution in [0.1, 0.15) is 60.6 Å². The van der Waals surface area contributed by atoms with Crippen molar-refractivity contribution in [2.24, 2.45) is 5.41 Å². The quantitative estimate of drug-likeness (QED) is 0.421. The van der Waals surface area contributed by atoms with Crippen molar-refractivity contribution in [3.8, 4) is 0 Å². The van der Waals surface area contributed by atoms with Crippen LogP contribution >= 0.6 is 0 Å². The first kappa shape index (κ1) is 23.3. The van der Waals surface area contributed by atoms with E-state index < -0.39 is 5.92 Å². The normalized spacial score (nSPS) is 26.3. The van der Waals surface area contributed by atoms with Crippen LogP contribution in [0.3, 0.4) is 0 Å². The summed E-state index contributed by atoms with van der Waals surface area (Å²) >= 11 is 0. The number of aromatic nitrogens is 4. The number of halogens is 2. The summed E-state index contributed by atoms with van der Waals surface area (Å²) < 4.78 is 28.8. The number of nitrogens with one attached hydrogen (secondary N) is 2. The molecule has 2 aliphatic carbocycles. The Labute approximate surface area is 217 Å². The van der Waals surface area contributed by atoms with Gasteiger partial charge in [0.25, 0.3) is 17.4 Å². The molecule has 38 heavy (non-hydrogen) atoms. The van der Waals surface area contributed by atoms with E-state index in [-0.39, 0.29) is 35.8 Å². The standard InChI is InChI=1S/C28H28F2N6O2/c29-28(30)6-9-35(10-7-28)19-5-8-36-22(16-31-23(36)11-19)26(38)32-18-14-27(15-18)12-17(13-27)24-20-3-1-2-4-21(20)25(37)34-33-24/h1-5,8,11,16-18H,6-7,9-10,12-15H2,(H,32,38)(H,34,37)/t17-,18-,27?. The molecule has 3 aromatic heterocycles. The maximum absolute atomic E-state index is 13.5. The SMILES string of the molecule is O=C(N[C@H]1CC2(C1)C[C@H](c1n[nH]c(=O)c3ccccc31)C2)c1cnc2cc(N3CCC(F)(F)CC3)ccn12. The molecule has 2 saturated carbocycles. The van der Waals surface area contributed by atoms with Crippen LogP contribution < -0.4 is 15.8 Å². The van der Waals surface area contributed by atoms with Gasteiger partial charge >= 0.3 is 0 Å². The summed E-state index contributed by atoms with van der Waals surface area (Å²) in [5.41, 5.74) is 2.95. The highest BCUT2D eigenvalue weighted by Gasteiger charge is 2.54. The predicted octanol–water partition coefficient (Wildman–Crippen LogP) is 4.26. The number of H-pyrrole nitrogens is 1. The Kier molecular flexibility index (Phi) is 5.12. The minimum atomic E-state index is -2.59. The van der Waals surface area contributed by atoms with Crippen molar-refractivity contribution < 1.29 is 13.6 Å². The lowest BCUT2D eigenvalue weighted by Crippen LogP contribution is -2.55. The zero-order valence-electron chi connectivity index (χ0n) is 20.8. The Morgan fingerprint density at radius 1 is 1.05 bits per heavy atom. The molecule has 1 amide bonds. The number of rotatable bonds is 4. The van der Waals surface area contributed by atoms with Crippen molar-refractivity contribution in [2.45, 2.75) is 56.4 Å². The number of carbonyl (C=O) groups excluding carboxylic acids is 1. The van der Waals surface area contributed by atoms with Crippen molar-refractivity contribution >= 4 is 28.0 Å². The summed E-state index contributed by atoms with van der Waals surface area (Å²) in [6.07, 6.45) is 6.92. The molecule has 10 heteroatoms. The van der Waals surface area contributed by atoms with E-state index in [0.717, 1.165) is 42.5 Å². The molecule has 3 fully saturated rings. The van der Waals surface area contributed by atoms with Gasteiger partial charge < -0.3 is 10.2 Å². The van der Waals surface area contributed by atoms with Gasteiger partial charge in [-0.05, 0) is 43.2 Å².